The summed E-state index contributed by atoms with van der Waals surface area (Å²) in [6.45, 7) is 11.3. The van der Waals surface area contributed by atoms with Crippen molar-refractivity contribution in [2.24, 2.45) is 0 Å². The van der Waals surface area contributed by atoms with Gasteiger partial charge in [-0.3, -0.25) is 14.9 Å². The van der Waals surface area contributed by atoms with Gasteiger partial charge in [-0.1, -0.05) is 19.9 Å². The van der Waals surface area contributed by atoms with E-state index in [1.165, 1.54) is 12.3 Å². The molecule has 5 rings (SSSR count). The molecule has 2 aromatic heterocycles. The first-order valence-electron chi connectivity index (χ1n) is 12.6. The highest BCUT2D eigenvalue weighted by Gasteiger charge is 2.36. The van der Waals surface area contributed by atoms with Crippen LogP contribution in [-0.2, 0) is 9.59 Å². The Bertz CT molecular complexity index is 1550. The quantitative estimate of drug-likeness (QED) is 0.271. The van der Waals surface area contributed by atoms with E-state index in [1.807, 2.05) is 24.5 Å². The molecule has 38 heavy (non-hydrogen) atoms. The number of fused-ring (bicyclic) bond motifs is 2. The van der Waals surface area contributed by atoms with Crippen LogP contribution >= 0.6 is 12.4 Å². The van der Waals surface area contributed by atoms with Gasteiger partial charge in [0.1, 0.15) is 23.8 Å². The van der Waals surface area contributed by atoms with Crippen LogP contribution in [0.2, 0.25) is 0 Å². The maximum atomic E-state index is 15.1. The fourth-order valence-electron chi connectivity index (χ4n) is 5.04. The van der Waals surface area contributed by atoms with Crippen LogP contribution in [0.15, 0.2) is 53.3 Å². The van der Waals surface area contributed by atoms with Gasteiger partial charge in [0.2, 0.25) is 0 Å². The minimum absolute atomic E-state index is 0. The van der Waals surface area contributed by atoms with Crippen molar-refractivity contribution in [3.8, 4) is 5.75 Å². The van der Waals surface area contributed by atoms with E-state index in [-0.39, 0.29) is 29.6 Å². The normalized spacial score (nSPS) is 13.8. The fraction of sp³-hybridized carbons (Fsp3) is 0.310. The summed E-state index contributed by atoms with van der Waals surface area (Å²) in [4.78, 5) is 28.5. The van der Waals surface area contributed by atoms with E-state index >= 15 is 4.39 Å². The van der Waals surface area contributed by atoms with E-state index in [4.69, 9.17) is 9.15 Å². The molecule has 0 aliphatic carbocycles. The first kappa shape index (κ1) is 27.4. The van der Waals surface area contributed by atoms with Crippen molar-refractivity contribution in [3.05, 3.63) is 65.8 Å². The highest BCUT2D eigenvalue weighted by molar-refractivity contribution is 6.50. The third-order valence-electron chi connectivity index (χ3n) is 6.97. The second kappa shape index (κ2) is 11.0. The van der Waals surface area contributed by atoms with E-state index < -0.39 is 17.6 Å². The summed E-state index contributed by atoms with van der Waals surface area (Å²) in [5, 5.41) is 3.41. The van der Waals surface area contributed by atoms with Gasteiger partial charge >= 0.3 is 0 Å². The number of hydrogen-bond acceptors (Lipinski definition) is 5. The molecule has 0 saturated carbocycles. The van der Waals surface area contributed by atoms with E-state index in [1.54, 1.807) is 30.5 Å². The topological polar surface area (TPSA) is 76.7 Å². The summed E-state index contributed by atoms with van der Waals surface area (Å²) in [7, 11) is 0. The van der Waals surface area contributed by atoms with Gasteiger partial charge < -0.3 is 18.6 Å². The van der Waals surface area contributed by atoms with Gasteiger partial charge in [-0.25, -0.2) is 4.39 Å². The molecule has 0 saturated heterocycles. The second-order valence-corrected chi connectivity index (χ2v) is 9.36. The Morgan fingerprint density at radius 2 is 1.74 bits per heavy atom. The maximum absolute atomic E-state index is 15.1. The smallest absolute Gasteiger partial charge is 0.259 e. The number of nitrogens with one attached hydrogen (secondary N) is 1. The summed E-state index contributed by atoms with van der Waals surface area (Å²) in [5.74, 6) is -0.931. The van der Waals surface area contributed by atoms with Crippen LogP contribution in [0.4, 0.5) is 4.39 Å². The molecule has 1 aliphatic rings. The minimum atomic E-state index is -0.565. The number of ether oxygens (including phenoxy) is 1. The number of imide groups is 1. The van der Waals surface area contributed by atoms with Gasteiger partial charge in [0.05, 0.1) is 28.3 Å². The largest absolute Gasteiger partial charge is 0.491 e. The molecule has 1 aliphatic heterocycles. The Morgan fingerprint density at radius 1 is 1.03 bits per heavy atom. The number of amides is 2. The number of aromatic nitrogens is 1. The van der Waals surface area contributed by atoms with Crippen LogP contribution in [0.3, 0.4) is 0 Å². The standard InChI is InChI=1S/C29H30FN3O4.ClH/c1-5-32(6-2)13-15-36-23-11-10-19(27-18(23)12-14-37-27)25-26(29(35)31-28(25)34)20-16-33(17(3)4)22-9-7-8-21(30)24(20)22;/h7-12,14,16-17H,5-6,13,15H2,1-4H3,(H,31,34,35);1H. The molecule has 2 aromatic carbocycles. The van der Waals surface area contributed by atoms with Gasteiger partial charge in [-0.2, -0.15) is 0 Å². The number of likely N-dealkylation sites (N-methyl/N-ethyl adjacent to an activating group) is 1. The Hall–Kier alpha value is -3.62. The zero-order valence-corrected chi connectivity index (χ0v) is 22.7. The van der Waals surface area contributed by atoms with Crippen LogP contribution in [0, 0.1) is 5.82 Å². The molecule has 200 valence electrons. The van der Waals surface area contributed by atoms with Crippen molar-refractivity contribution >= 4 is 57.2 Å². The number of rotatable bonds is 9. The van der Waals surface area contributed by atoms with Crippen LogP contribution in [0.5, 0.6) is 5.75 Å². The van der Waals surface area contributed by atoms with Gasteiger partial charge in [-0.15, -0.1) is 12.4 Å². The Balaban J connectivity index is 0.00000336. The summed E-state index contributed by atoms with van der Waals surface area (Å²) in [5.41, 5.74) is 2.21. The molecular formula is C29H31ClFN3O4. The van der Waals surface area contributed by atoms with E-state index in [2.05, 4.69) is 24.1 Å². The van der Waals surface area contributed by atoms with E-state index in [0.717, 1.165) is 19.6 Å². The Morgan fingerprint density at radius 3 is 2.42 bits per heavy atom. The van der Waals surface area contributed by atoms with Crippen LogP contribution in [0.1, 0.15) is 44.9 Å². The van der Waals surface area contributed by atoms with Gasteiger partial charge in [0.15, 0.2) is 0 Å². The maximum Gasteiger partial charge on any atom is 0.259 e. The van der Waals surface area contributed by atoms with Gasteiger partial charge in [-0.05, 0) is 57.3 Å². The van der Waals surface area contributed by atoms with Crippen LogP contribution in [0.25, 0.3) is 33.0 Å². The molecular weight excluding hydrogens is 509 g/mol. The highest BCUT2D eigenvalue weighted by Crippen LogP contribution is 2.41. The number of furan rings is 1. The lowest BCUT2D eigenvalue weighted by atomic mass is 9.94. The minimum Gasteiger partial charge on any atom is -0.491 e. The fourth-order valence-corrected chi connectivity index (χ4v) is 5.04. The lowest BCUT2D eigenvalue weighted by molar-refractivity contribution is -0.122. The van der Waals surface area contributed by atoms with Gasteiger partial charge in [0, 0.05) is 35.3 Å². The number of nitrogens with zero attached hydrogens (tertiary/aromatic N) is 2. The van der Waals surface area contributed by atoms with Crippen LogP contribution in [-0.4, -0.2) is 47.5 Å². The second-order valence-electron chi connectivity index (χ2n) is 9.36. The SMILES string of the molecule is CCN(CC)CCOc1ccc(C2=C(c3cn(C(C)C)c4cccc(F)c34)C(=O)NC2=O)c2occc12.Cl. The molecule has 3 heterocycles. The number of benzene rings is 2. The summed E-state index contributed by atoms with van der Waals surface area (Å²) in [6, 6.07) is 10.1. The average Bonchev–Trinajstić information content (AvgIpc) is 3.58. The molecule has 0 bridgehead atoms. The van der Waals surface area contributed by atoms with Crippen molar-refractivity contribution in [1.82, 2.24) is 14.8 Å². The summed E-state index contributed by atoms with van der Waals surface area (Å²) < 4.78 is 28.9. The molecule has 0 fully saturated rings. The Kier molecular flexibility index (Phi) is 7.94. The van der Waals surface area contributed by atoms with E-state index in [9.17, 15) is 9.59 Å². The first-order chi connectivity index (χ1) is 17.8. The molecule has 1 N–H and O–H groups in total. The molecule has 9 heteroatoms. The van der Waals surface area contributed by atoms with Gasteiger partial charge in [0.25, 0.3) is 11.8 Å². The zero-order valence-electron chi connectivity index (χ0n) is 21.8. The first-order valence-corrected chi connectivity index (χ1v) is 12.6. The molecule has 4 aromatic rings. The summed E-state index contributed by atoms with van der Waals surface area (Å²) in [6.07, 6.45) is 3.28. The highest BCUT2D eigenvalue weighted by atomic mass is 35.5. The molecule has 0 atom stereocenters. The van der Waals surface area contributed by atoms with E-state index in [0.29, 0.717) is 45.4 Å². The Labute approximate surface area is 226 Å². The van der Waals surface area contributed by atoms with Crippen molar-refractivity contribution in [1.29, 1.82) is 0 Å². The predicted octanol–water partition coefficient (Wildman–Crippen LogP) is 5.82. The molecule has 0 spiro atoms. The molecule has 7 nitrogen and oxygen atoms in total. The van der Waals surface area contributed by atoms with Crippen molar-refractivity contribution in [2.45, 2.75) is 33.7 Å². The third kappa shape index (κ3) is 4.59. The predicted molar refractivity (Wildman–Crippen MR) is 149 cm³/mol. The van der Waals surface area contributed by atoms with Crippen molar-refractivity contribution < 1.29 is 23.1 Å². The number of carbonyl (C=O) groups is 2. The zero-order chi connectivity index (χ0) is 26.3. The monoisotopic (exact) mass is 539 g/mol. The number of halogens is 2. The average molecular weight is 540 g/mol. The van der Waals surface area contributed by atoms with Crippen LogP contribution < -0.4 is 10.1 Å². The molecule has 0 unspecified atom stereocenters. The number of carbonyl (C=O) groups excluding carboxylic acids is 2. The molecule has 2 amide bonds. The number of hydrogen-bond donors (Lipinski definition) is 1. The summed E-state index contributed by atoms with van der Waals surface area (Å²) >= 11 is 0. The lowest BCUT2D eigenvalue weighted by Gasteiger charge is -2.18. The van der Waals surface area contributed by atoms with Crippen molar-refractivity contribution in [2.75, 3.05) is 26.2 Å². The molecule has 0 radical (unpaired) electrons. The van der Waals surface area contributed by atoms with Crippen molar-refractivity contribution in [3.63, 3.8) is 0 Å². The lowest BCUT2D eigenvalue weighted by Crippen LogP contribution is -2.27. The third-order valence-corrected chi connectivity index (χ3v) is 6.97.